The molecule has 7 aliphatic carbocycles. The van der Waals surface area contributed by atoms with Crippen LogP contribution >= 0.6 is 0 Å². The summed E-state index contributed by atoms with van der Waals surface area (Å²) in [7, 11) is 0. The van der Waals surface area contributed by atoms with E-state index >= 15 is 0 Å². The maximum Gasteiger partial charge on any atom is 0.306 e. The molecule has 71 heavy (non-hydrogen) atoms. The van der Waals surface area contributed by atoms with Crippen LogP contribution in [-0.4, -0.2) is 99.9 Å². The van der Waals surface area contributed by atoms with Crippen LogP contribution < -0.4 is 5.43 Å². The third kappa shape index (κ3) is 7.93. The first-order valence-electron chi connectivity index (χ1n) is 27.3. The second-order valence-corrected chi connectivity index (χ2v) is 24.4. The van der Waals surface area contributed by atoms with Crippen molar-refractivity contribution in [3.63, 3.8) is 0 Å². The van der Waals surface area contributed by atoms with Crippen LogP contribution in [0.1, 0.15) is 151 Å². The fraction of sp³-hybridized carbons (Fsp3) is 0.724. The summed E-state index contributed by atoms with van der Waals surface area (Å²) in [6.07, 6.45) is 18.2. The molecule has 6 saturated carbocycles. The molecule has 11 aliphatic rings. The molecule has 0 aromatic rings. The van der Waals surface area contributed by atoms with Crippen LogP contribution in [0.15, 0.2) is 76.2 Å². The Bertz CT molecular complexity index is 2410. The number of epoxide rings is 3. The minimum Gasteiger partial charge on any atom is -0.490 e. The number of fused-ring (bicyclic) bond motifs is 5. The van der Waals surface area contributed by atoms with Gasteiger partial charge in [-0.15, -0.1) is 0 Å². The Balaban J connectivity index is 0.640. The molecule has 1 amide bonds. The van der Waals surface area contributed by atoms with Crippen LogP contribution in [0.3, 0.4) is 0 Å². The normalized spacial score (nSPS) is 43.6. The van der Waals surface area contributed by atoms with Crippen LogP contribution in [0.5, 0.6) is 0 Å². The van der Waals surface area contributed by atoms with Crippen LogP contribution in [0.4, 0.5) is 0 Å². The quantitative estimate of drug-likeness (QED) is 0.0443. The molecule has 4 aliphatic heterocycles. The van der Waals surface area contributed by atoms with Crippen molar-refractivity contribution in [3.8, 4) is 0 Å². The van der Waals surface area contributed by atoms with E-state index in [-0.39, 0.29) is 72.3 Å². The van der Waals surface area contributed by atoms with Crippen molar-refractivity contribution < 1.29 is 53.0 Å². The number of allylic oxidation sites excluding steroid dienone is 5. The molecule has 2 spiro atoms. The smallest absolute Gasteiger partial charge is 0.306 e. The van der Waals surface area contributed by atoms with Gasteiger partial charge in [-0.25, -0.2) is 5.43 Å². The van der Waals surface area contributed by atoms with Gasteiger partial charge in [-0.05, 0) is 154 Å². The summed E-state index contributed by atoms with van der Waals surface area (Å²) in [4.78, 5) is 39.8. The largest absolute Gasteiger partial charge is 0.490 e. The van der Waals surface area contributed by atoms with E-state index in [1.165, 1.54) is 29.6 Å². The van der Waals surface area contributed by atoms with E-state index in [9.17, 15) is 24.6 Å². The van der Waals surface area contributed by atoms with Gasteiger partial charge in [0.15, 0.2) is 11.7 Å². The summed E-state index contributed by atoms with van der Waals surface area (Å²) in [5, 5.41) is 25.6. The minimum atomic E-state index is -0.805. The number of nitrogens with zero attached hydrogens (tertiary/aromatic N) is 1. The van der Waals surface area contributed by atoms with Gasteiger partial charge >= 0.3 is 11.9 Å². The van der Waals surface area contributed by atoms with Gasteiger partial charge in [-0.1, -0.05) is 77.7 Å². The highest BCUT2D eigenvalue weighted by Crippen LogP contribution is 2.83. The maximum atomic E-state index is 13.7. The third-order valence-electron chi connectivity index (χ3n) is 20.2. The first-order valence-corrected chi connectivity index (χ1v) is 27.3. The average Bonchev–Trinajstić information content (AvgIpc) is 4.17. The second kappa shape index (κ2) is 17.9. The van der Waals surface area contributed by atoms with Gasteiger partial charge in [0, 0.05) is 30.4 Å². The molecule has 386 valence electrons. The number of amides is 1. The molecule has 4 heterocycles. The molecule has 9 fully saturated rings. The zero-order valence-corrected chi connectivity index (χ0v) is 43.0. The molecule has 0 bridgehead atoms. The van der Waals surface area contributed by atoms with E-state index in [0.29, 0.717) is 61.7 Å². The average molecular weight is 979 g/mol. The summed E-state index contributed by atoms with van der Waals surface area (Å²) in [5.74, 6) is 1.73. The predicted octanol–water partition coefficient (Wildman–Crippen LogP) is 8.74. The number of aliphatic hydroxyl groups excluding tert-OH is 2. The Labute approximate surface area is 420 Å². The SMILES string of the molecule is C=C1OCC2=C1CC[C@@]1(C)[C@H]2C[C@@H]2O[C@@]23[C@H](OC(=O)CCC(=O)N/N=C(\C)CCCC(=O)O[C@H]2C[C@H](O)C/C(=C/C=C4\CCC[C@@]5(C)C4CCC5[C@@H](C)/C=C/C(O)C4CC4)C2=C)[C@@]2(C(C)C)O[C@H]2[C@@H]2O[C@@]231. The molecule has 13 heteroatoms. The monoisotopic (exact) mass is 979 g/mol. The van der Waals surface area contributed by atoms with Gasteiger partial charge < -0.3 is 38.6 Å². The molecule has 3 unspecified atom stereocenters. The molecule has 11 rings (SSSR count). The summed E-state index contributed by atoms with van der Waals surface area (Å²) in [6, 6.07) is 0. The Morgan fingerprint density at radius 1 is 0.901 bits per heavy atom. The highest BCUT2D eigenvalue weighted by atomic mass is 16.8. The lowest BCUT2D eigenvalue weighted by atomic mass is 9.46. The molecule has 16 atom stereocenters. The Morgan fingerprint density at radius 3 is 2.46 bits per heavy atom. The molecule has 0 aromatic carbocycles. The van der Waals surface area contributed by atoms with Crippen LogP contribution in [0.25, 0.3) is 0 Å². The van der Waals surface area contributed by atoms with Crippen molar-refractivity contribution >= 4 is 23.6 Å². The highest BCUT2D eigenvalue weighted by molar-refractivity contribution is 5.86. The van der Waals surface area contributed by atoms with Crippen molar-refractivity contribution in [2.24, 2.45) is 51.4 Å². The van der Waals surface area contributed by atoms with E-state index < -0.39 is 47.0 Å². The molecule has 13 nitrogen and oxygen atoms in total. The third-order valence-corrected chi connectivity index (χ3v) is 20.2. The number of hydrogen-bond acceptors (Lipinski definition) is 12. The van der Waals surface area contributed by atoms with Gasteiger partial charge in [0.1, 0.15) is 41.9 Å². The number of carbonyl (C=O) groups is 3. The Hall–Kier alpha value is -3.88. The lowest BCUT2D eigenvalue weighted by Crippen LogP contribution is -2.70. The summed E-state index contributed by atoms with van der Waals surface area (Å²) in [6.45, 7) is 22.1. The topological polar surface area (TPSA) is 181 Å². The molecule has 0 radical (unpaired) electrons. The number of nitrogens with one attached hydrogen (secondary N) is 1. The summed E-state index contributed by atoms with van der Waals surface area (Å²) in [5.41, 5.74) is 6.72. The van der Waals surface area contributed by atoms with E-state index in [0.717, 1.165) is 68.3 Å². The van der Waals surface area contributed by atoms with Gasteiger partial charge in [-0.3, -0.25) is 14.4 Å². The summed E-state index contributed by atoms with van der Waals surface area (Å²) >= 11 is 0. The van der Waals surface area contributed by atoms with Crippen LogP contribution in [0.2, 0.25) is 0 Å². The van der Waals surface area contributed by atoms with Gasteiger partial charge in [0.05, 0.1) is 24.7 Å². The fourth-order valence-electron chi connectivity index (χ4n) is 16.1. The Kier molecular flexibility index (Phi) is 12.4. The zero-order valence-electron chi connectivity index (χ0n) is 43.0. The predicted molar refractivity (Wildman–Crippen MR) is 265 cm³/mol. The van der Waals surface area contributed by atoms with Crippen molar-refractivity contribution in [2.75, 3.05) is 6.61 Å². The number of ether oxygens (including phenoxy) is 6. The summed E-state index contributed by atoms with van der Waals surface area (Å²) < 4.78 is 38.5. The number of hydrazone groups is 1. The molecular formula is C58H78N2O11. The van der Waals surface area contributed by atoms with Crippen molar-refractivity contribution in [2.45, 2.75) is 210 Å². The van der Waals surface area contributed by atoms with E-state index in [1.54, 1.807) is 6.92 Å². The molecule has 3 saturated heterocycles. The van der Waals surface area contributed by atoms with Crippen molar-refractivity contribution in [1.82, 2.24) is 5.43 Å². The first kappa shape index (κ1) is 49.3. The second-order valence-electron chi connectivity index (χ2n) is 24.4. The molecule has 3 N–H and O–H groups in total. The van der Waals surface area contributed by atoms with Crippen molar-refractivity contribution in [3.05, 3.63) is 71.1 Å². The highest BCUT2D eigenvalue weighted by Gasteiger charge is 3.01. The maximum absolute atomic E-state index is 13.7. The van der Waals surface area contributed by atoms with Crippen LogP contribution in [0, 0.1) is 46.3 Å². The lowest BCUT2D eigenvalue weighted by Gasteiger charge is -2.53. The van der Waals surface area contributed by atoms with Gasteiger partial charge in [-0.2, -0.15) is 5.10 Å². The number of hydrogen-bond donors (Lipinski definition) is 3. The molecular weight excluding hydrogens is 901 g/mol. The van der Waals surface area contributed by atoms with Gasteiger partial charge in [0.2, 0.25) is 5.91 Å². The van der Waals surface area contributed by atoms with Crippen LogP contribution in [-0.2, 0) is 42.8 Å². The van der Waals surface area contributed by atoms with E-state index in [4.69, 9.17) is 28.4 Å². The van der Waals surface area contributed by atoms with Gasteiger partial charge in [0.25, 0.3) is 0 Å². The van der Waals surface area contributed by atoms with Crippen molar-refractivity contribution in [1.29, 1.82) is 0 Å². The standard InChI is InChI=1S/C58H78N2O11/c1-31(2)56-51(70-56)52-58(71-52)55(8)26-24-40-35(6)66-30-41(40)44(55)29-47-57(58,69-47)53(56)68-50(65)23-22-48(63)60-59-33(4)11-9-13-49(64)67-46-28-39(61)27-38(34(46)5)18-15-36-12-10-25-54(7)42(19-20-43(36)54)32(3)14-21-45(62)37-16-17-37/h14-15,18,21,31-32,37,39,42-47,51-53,61-62H,5-6,9-13,16-17,19-20,22-30H2,1-4,7-8H3,(H,60,63)/b21-14+,36-15+,38-18-,59-33+/t32-,39+,42?,43?,44-,45?,46-,47-,51-,52-,53+,54+,55-,56-,57+,58+/m0/s1. The first-order chi connectivity index (χ1) is 33.9. The number of aliphatic hydroxyl groups is 2. The number of rotatable bonds is 16. The number of carbonyl (C=O) groups excluding carboxylic acids is 3. The van der Waals surface area contributed by atoms with E-state index in [2.05, 4.69) is 76.5 Å². The Morgan fingerprint density at radius 2 is 1.69 bits per heavy atom. The zero-order chi connectivity index (χ0) is 50.0. The number of esters is 2. The fourth-order valence-corrected chi connectivity index (χ4v) is 16.1. The molecule has 0 aromatic heterocycles. The van der Waals surface area contributed by atoms with E-state index in [1.807, 2.05) is 6.08 Å². The lowest BCUT2D eigenvalue weighted by molar-refractivity contribution is -0.169. The minimum absolute atomic E-state index is 0.0467.